The highest BCUT2D eigenvalue weighted by Gasteiger charge is 2.17. The summed E-state index contributed by atoms with van der Waals surface area (Å²) in [5.74, 6) is 0.644. The van der Waals surface area contributed by atoms with Gasteiger partial charge in [-0.1, -0.05) is 26.0 Å². The van der Waals surface area contributed by atoms with Crippen LogP contribution in [0.15, 0.2) is 24.3 Å². The van der Waals surface area contributed by atoms with Crippen molar-refractivity contribution in [1.29, 1.82) is 0 Å². The average molecular weight is 224 g/mol. The highest BCUT2D eigenvalue weighted by molar-refractivity contribution is 6.58. The molecule has 0 aliphatic heterocycles. The van der Waals surface area contributed by atoms with Crippen molar-refractivity contribution in [2.75, 3.05) is 13.2 Å². The van der Waals surface area contributed by atoms with E-state index in [0.717, 1.165) is 0 Å². The van der Waals surface area contributed by atoms with Gasteiger partial charge in [0.1, 0.15) is 5.75 Å². The quantitative estimate of drug-likeness (QED) is 0.604. The summed E-state index contributed by atoms with van der Waals surface area (Å²) in [4.78, 5) is 0. The van der Waals surface area contributed by atoms with Crippen LogP contribution in [0.3, 0.4) is 0 Å². The third kappa shape index (κ3) is 3.85. The van der Waals surface area contributed by atoms with Gasteiger partial charge >= 0.3 is 7.12 Å². The van der Waals surface area contributed by atoms with E-state index < -0.39 is 7.12 Å². The Hall–Kier alpha value is -1.04. The lowest BCUT2D eigenvalue weighted by atomic mass is 9.80. The Labute approximate surface area is 95.6 Å². The van der Waals surface area contributed by atoms with Gasteiger partial charge in [-0.05, 0) is 17.6 Å². The maximum absolute atomic E-state index is 9.04. The Balaban J connectivity index is 2.56. The first-order valence-corrected chi connectivity index (χ1v) is 5.14. The standard InChI is InChI=1S/C11H17BO4/c1-11(2,7-13)8-16-10-5-3-9(4-6-10)12(14)15/h3-6,13-15H,7-8H2,1-2H3. The molecule has 0 fully saturated rings. The molecule has 0 saturated carbocycles. The summed E-state index contributed by atoms with van der Waals surface area (Å²) < 4.78 is 5.47. The third-order valence-electron chi connectivity index (χ3n) is 2.24. The molecule has 0 bridgehead atoms. The molecule has 0 heterocycles. The molecule has 0 aliphatic carbocycles. The average Bonchev–Trinajstić information content (AvgIpc) is 2.27. The summed E-state index contributed by atoms with van der Waals surface area (Å²) in [7, 11) is -1.46. The summed E-state index contributed by atoms with van der Waals surface area (Å²) in [6.45, 7) is 4.27. The fraction of sp³-hybridized carbons (Fsp3) is 0.455. The van der Waals surface area contributed by atoms with Crippen molar-refractivity contribution in [3.05, 3.63) is 24.3 Å². The van der Waals surface area contributed by atoms with E-state index in [0.29, 0.717) is 17.8 Å². The summed E-state index contributed by atoms with van der Waals surface area (Å²) in [6, 6.07) is 6.52. The van der Waals surface area contributed by atoms with Crippen molar-refractivity contribution in [2.24, 2.45) is 5.41 Å². The second kappa shape index (κ2) is 5.34. The van der Waals surface area contributed by atoms with Crippen LogP contribution in [0.25, 0.3) is 0 Å². The highest BCUT2D eigenvalue weighted by Crippen LogP contribution is 2.17. The summed E-state index contributed by atoms with van der Waals surface area (Å²) in [5, 5.41) is 26.8. The molecule has 1 rings (SSSR count). The van der Waals surface area contributed by atoms with Crippen LogP contribution in [0.4, 0.5) is 0 Å². The first-order valence-electron chi connectivity index (χ1n) is 5.14. The van der Waals surface area contributed by atoms with E-state index in [9.17, 15) is 0 Å². The number of hydrogen-bond donors (Lipinski definition) is 3. The van der Waals surface area contributed by atoms with E-state index in [1.807, 2.05) is 13.8 Å². The minimum Gasteiger partial charge on any atom is -0.493 e. The number of hydrogen-bond acceptors (Lipinski definition) is 4. The number of aliphatic hydroxyl groups excluding tert-OH is 1. The van der Waals surface area contributed by atoms with Crippen LogP contribution in [0.1, 0.15) is 13.8 Å². The van der Waals surface area contributed by atoms with Gasteiger partial charge in [-0.15, -0.1) is 0 Å². The van der Waals surface area contributed by atoms with Crippen molar-refractivity contribution in [2.45, 2.75) is 13.8 Å². The van der Waals surface area contributed by atoms with E-state index in [1.165, 1.54) is 0 Å². The molecule has 0 radical (unpaired) electrons. The maximum atomic E-state index is 9.04. The van der Waals surface area contributed by atoms with E-state index in [2.05, 4.69) is 0 Å². The molecule has 0 amide bonds. The molecule has 3 N–H and O–H groups in total. The van der Waals surface area contributed by atoms with Gasteiger partial charge in [0, 0.05) is 5.41 Å². The van der Waals surface area contributed by atoms with Crippen LogP contribution in [-0.4, -0.2) is 35.5 Å². The molecule has 0 aromatic heterocycles. The number of benzene rings is 1. The first-order chi connectivity index (χ1) is 7.44. The lowest BCUT2D eigenvalue weighted by Gasteiger charge is -2.21. The van der Waals surface area contributed by atoms with Crippen LogP contribution in [0, 0.1) is 5.41 Å². The molecular weight excluding hydrogens is 207 g/mol. The molecule has 0 spiro atoms. The zero-order valence-corrected chi connectivity index (χ0v) is 9.55. The molecule has 0 aliphatic rings. The molecule has 1 aromatic carbocycles. The first kappa shape index (κ1) is 13.0. The molecule has 88 valence electrons. The van der Waals surface area contributed by atoms with Crippen LogP contribution < -0.4 is 10.2 Å². The van der Waals surface area contributed by atoms with E-state index in [-0.39, 0.29) is 12.0 Å². The predicted molar refractivity (Wildman–Crippen MR) is 62.6 cm³/mol. The molecular formula is C11H17BO4. The van der Waals surface area contributed by atoms with Crippen LogP contribution in [-0.2, 0) is 0 Å². The second-order valence-corrected chi connectivity index (χ2v) is 4.55. The fourth-order valence-electron chi connectivity index (χ4n) is 1.06. The molecule has 0 saturated heterocycles. The maximum Gasteiger partial charge on any atom is 0.488 e. The Morgan fingerprint density at radius 1 is 1.19 bits per heavy atom. The lowest BCUT2D eigenvalue weighted by molar-refractivity contribution is 0.0976. The van der Waals surface area contributed by atoms with Gasteiger partial charge in [-0.3, -0.25) is 0 Å². The van der Waals surface area contributed by atoms with Crippen molar-refractivity contribution in [1.82, 2.24) is 0 Å². The van der Waals surface area contributed by atoms with E-state index >= 15 is 0 Å². The van der Waals surface area contributed by atoms with Gasteiger partial charge in [0.25, 0.3) is 0 Å². The molecule has 5 heteroatoms. The van der Waals surface area contributed by atoms with Crippen molar-refractivity contribution in [3.63, 3.8) is 0 Å². The monoisotopic (exact) mass is 224 g/mol. The molecule has 0 unspecified atom stereocenters. The van der Waals surface area contributed by atoms with Gasteiger partial charge in [-0.25, -0.2) is 0 Å². The third-order valence-corrected chi connectivity index (χ3v) is 2.24. The van der Waals surface area contributed by atoms with E-state index in [1.54, 1.807) is 24.3 Å². The van der Waals surface area contributed by atoms with Crippen molar-refractivity contribution in [3.8, 4) is 5.75 Å². The van der Waals surface area contributed by atoms with Crippen LogP contribution >= 0.6 is 0 Å². The number of aliphatic hydroxyl groups is 1. The Morgan fingerprint density at radius 3 is 2.19 bits per heavy atom. The SMILES string of the molecule is CC(C)(CO)COc1ccc(B(O)O)cc1. The molecule has 16 heavy (non-hydrogen) atoms. The van der Waals surface area contributed by atoms with Gasteiger partial charge in [0.05, 0.1) is 13.2 Å². The van der Waals surface area contributed by atoms with Gasteiger partial charge in [0.15, 0.2) is 0 Å². The normalized spacial score (nSPS) is 11.3. The Bertz CT molecular complexity index is 321. The topological polar surface area (TPSA) is 69.9 Å². The second-order valence-electron chi connectivity index (χ2n) is 4.55. The molecule has 0 atom stereocenters. The highest BCUT2D eigenvalue weighted by atomic mass is 16.5. The van der Waals surface area contributed by atoms with Gasteiger partial charge in [0.2, 0.25) is 0 Å². The largest absolute Gasteiger partial charge is 0.493 e. The minimum absolute atomic E-state index is 0.0560. The molecule has 4 nitrogen and oxygen atoms in total. The Morgan fingerprint density at radius 2 is 1.75 bits per heavy atom. The minimum atomic E-state index is -1.46. The number of ether oxygens (including phenoxy) is 1. The Kier molecular flexibility index (Phi) is 4.35. The van der Waals surface area contributed by atoms with Gasteiger partial charge < -0.3 is 19.9 Å². The fourth-order valence-corrected chi connectivity index (χ4v) is 1.06. The summed E-state index contributed by atoms with van der Waals surface area (Å²) in [6.07, 6.45) is 0. The van der Waals surface area contributed by atoms with E-state index in [4.69, 9.17) is 19.9 Å². The number of rotatable bonds is 5. The molecule has 1 aromatic rings. The summed E-state index contributed by atoms with van der Waals surface area (Å²) >= 11 is 0. The van der Waals surface area contributed by atoms with Gasteiger partial charge in [-0.2, -0.15) is 0 Å². The zero-order chi connectivity index (χ0) is 12.2. The van der Waals surface area contributed by atoms with Crippen LogP contribution in [0.2, 0.25) is 0 Å². The van der Waals surface area contributed by atoms with Crippen molar-refractivity contribution >= 4 is 12.6 Å². The summed E-state index contributed by atoms with van der Waals surface area (Å²) in [5.41, 5.74) is 0.142. The zero-order valence-electron chi connectivity index (χ0n) is 9.55. The van der Waals surface area contributed by atoms with Crippen LogP contribution in [0.5, 0.6) is 5.75 Å². The lowest BCUT2D eigenvalue weighted by Crippen LogP contribution is -2.29. The smallest absolute Gasteiger partial charge is 0.488 e. The van der Waals surface area contributed by atoms with Crippen molar-refractivity contribution < 1.29 is 19.9 Å². The predicted octanol–water partition coefficient (Wildman–Crippen LogP) is -0.236.